The van der Waals surface area contributed by atoms with Crippen LogP contribution in [0.3, 0.4) is 0 Å². The predicted molar refractivity (Wildman–Crippen MR) is 106 cm³/mol. The first-order valence-electron chi connectivity index (χ1n) is 9.50. The molecule has 2 amide bonds. The third kappa shape index (κ3) is 6.61. The Bertz CT molecular complexity index is 608. The van der Waals surface area contributed by atoms with Crippen LogP contribution < -0.4 is 5.32 Å². The number of likely N-dealkylation sites (tertiary alicyclic amines) is 1. The lowest BCUT2D eigenvalue weighted by atomic mass is 9.96. The average Bonchev–Trinajstić information content (AvgIpc) is 2.82. The summed E-state index contributed by atoms with van der Waals surface area (Å²) in [5.74, 6) is 0.528. The van der Waals surface area contributed by atoms with E-state index in [1.54, 1.807) is 25.2 Å². The van der Waals surface area contributed by atoms with E-state index in [1.807, 2.05) is 6.07 Å². The topological polar surface area (TPSA) is 52.7 Å². The number of hydrogen-bond donors (Lipinski definition) is 1. The number of nitrogens with one attached hydrogen (secondary N) is 1. The molecule has 1 aliphatic heterocycles. The third-order valence-corrected chi connectivity index (χ3v) is 5.28. The Kier molecular flexibility index (Phi) is 8.39. The van der Waals surface area contributed by atoms with Crippen LogP contribution in [0.1, 0.15) is 39.0 Å². The molecule has 1 fully saturated rings. The van der Waals surface area contributed by atoms with Crippen LogP contribution in [0.5, 0.6) is 0 Å². The Morgan fingerprint density at radius 3 is 2.77 bits per heavy atom. The van der Waals surface area contributed by atoms with Crippen LogP contribution in [0.15, 0.2) is 24.3 Å². The van der Waals surface area contributed by atoms with E-state index in [4.69, 9.17) is 11.6 Å². The second-order valence-corrected chi connectivity index (χ2v) is 7.55. The molecule has 0 radical (unpaired) electrons. The van der Waals surface area contributed by atoms with Gasteiger partial charge < -0.3 is 10.2 Å². The van der Waals surface area contributed by atoms with Crippen molar-refractivity contribution in [3.63, 3.8) is 0 Å². The first-order chi connectivity index (χ1) is 12.5. The van der Waals surface area contributed by atoms with Gasteiger partial charge in [-0.2, -0.15) is 0 Å². The van der Waals surface area contributed by atoms with Crippen LogP contribution >= 0.6 is 11.6 Å². The molecule has 1 N–H and O–H groups in total. The predicted octanol–water partition coefficient (Wildman–Crippen LogP) is 3.64. The first kappa shape index (κ1) is 20.7. The summed E-state index contributed by atoms with van der Waals surface area (Å²) in [5, 5.41) is 3.24. The molecule has 1 heterocycles. The molecule has 1 unspecified atom stereocenters. The summed E-state index contributed by atoms with van der Waals surface area (Å²) < 4.78 is 0. The highest BCUT2D eigenvalue weighted by Crippen LogP contribution is 2.22. The number of nitrogens with zero attached hydrogens (tertiary/aromatic N) is 2. The van der Waals surface area contributed by atoms with Crippen LogP contribution in [-0.4, -0.2) is 54.8 Å². The molecule has 1 aromatic rings. The molecule has 5 nitrogen and oxygen atoms in total. The molecule has 0 saturated carbocycles. The number of carbonyl (C=O) groups is 2. The van der Waals surface area contributed by atoms with Gasteiger partial charge in [0.1, 0.15) is 0 Å². The van der Waals surface area contributed by atoms with Gasteiger partial charge in [-0.1, -0.05) is 43.5 Å². The Balaban J connectivity index is 1.78. The van der Waals surface area contributed by atoms with Gasteiger partial charge in [-0.05, 0) is 50.4 Å². The van der Waals surface area contributed by atoms with Crippen molar-refractivity contribution in [1.82, 2.24) is 9.80 Å². The molecular weight excluding hydrogens is 350 g/mol. The number of hydrogen-bond acceptors (Lipinski definition) is 3. The molecule has 0 bridgehead atoms. The summed E-state index contributed by atoms with van der Waals surface area (Å²) >= 11 is 6.04. The van der Waals surface area contributed by atoms with Crippen molar-refractivity contribution < 1.29 is 9.59 Å². The first-order valence-corrected chi connectivity index (χ1v) is 9.88. The Hall–Kier alpha value is -1.59. The standard InChI is InChI=1S/C20H30ClN3O2/c1-3-7-16-8-6-12-24(13-11-16)15-20(26)23(2)14-19(25)22-18-10-5-4-9-17(18)21/h4-5,9-10,16H,3,6-8,11-15H2,1-2H3,(H,22,25). The highest BCUT2D eigenvalue weighted by Gasteiger charge is 2.21. The van der Waals surface area contributed by atoms with Gasteiger partial charge in [0.2, 0.25) is 11.8 Å². The Labute approximate surface area is 161 Å². The van der Waals surface area contributed by atoms with E-state index in [2.05, 4.69) is 17.1 Å². The van der Waals surface area contributed by atoms with Crippen molar-refractivity contribution in [3.05, 3.63) is 29.3 Å². The number of halogens is 1. The number of amides is 2. The molecular formula is C20H30ClN3O2. The Morgan fingerprint density at radius 1 is 1.27 bits per heavy atom. The molecule has 1 atom stereocenters. The number of para-hydroxylation sites is 1. The molecule has 0 spiro atoms. The van der Waals surface area contributed by atoms with Gasteiger partial charge >= 0.3 is 0 Å². The second-order valence-electron chi connectivity index (χ2n) is 7.14. The molecule has 1 saturated heterocycles. The van der Waals surface area contributed by atoms with Gasteiger partial charge in [-0.15, -0.1) is 0 Å². The zero-order valence-corrected chi connectivity index (χ0v) is 16.6. The van der Waals surface area contributed by atoms with Crippen LogP contribution in [0, 0.1) is 5.92 Å². The van der Waals surface area contributed by atoms with Crippen molar-refractivity contribution in [2.45, 2.75) is 39.0 Å². The lowest BCUT2D eigenvalue weighted by Crippen LogP contribution is -2.42. The zero-order valence-electron chi connectivity index (χ0n) is 15.8. The molecule has 2 rings (SSSR count). The SMILES string of the molecule is CCCC1CCCN(CC(=O)N(C)CC(=O)Nc2ccccc2Cl)CC1. The summed E-state index contributed by atoms with van der Waals surface area (Å²) in [5.41, 5.74) is 0.564. The van der Waals surface area contributed by atoms with Crippen LogP contribution in [0.25, 0.3) is 0 Å². The van der Waals surface area contributed by atoms with E-state index >= 15 is 0 Å². The number of carbonyl (C=O) groups excluding carboxylic acids is 2. The number of anilines is 1. The molecule has 1 aromatic carbocycles. The van der Waals surface area contributed by atoms with E-state index in [9.17, 15) is 9.59 Å². The monoisotopic (exact) mass is 379 g/mol. The van der Waals surface area contributed by atoms with Crippen molar-refractivity contribution >= 4 is 29.1 Å². The number of benzene rings is 1. The fourth-order valence-electron chi connectivity index (χ4n) is 3.45. The summed E-state index contributed by atoms with van der Waals surface area (Å²) in [7, 11) is 1.67. The molecule has 1 aliphatic rings. The summed E-state index contributed by atoms with van der Waals surface area (Å²) in [4.78, 5) is 28.3. The van der Waals surface area contributed by atoms with Crippen molar-refractivity contribution in [1.29, 1.82) is 0 Å². The molecule has 0 aliphatic carbocycles. The molecule has 6 heteroatoms. The van der Waals surface area contributed by atoms with Gasteiger partial charge in [0, 0.05) is 7.05 Å². The highest BCUT2D eigenvalue weighted by molar-refractivity contribution is 6.33. The maximum atomic E-state index is 12.5. The van der Waals surface area contributed by atoms with Crippen LogP contribution in [-0.2, 0) is 9.59 Å². The van der Waals surface area contributed by atoms with Crippen molar-refractivity contribution in [2.75, 3.05) is 38.5 Å². The van der Waals surface area contributed by atoms with E-state index < -0.39 is 0 Å². The zero-order chi connectivity index (χ0) is 18.9. The summed E-state index contributed by atoms with van der Waals surface area (Å²) in [6.07, 6.45) is 6.08. The summed E-state index contributed by atoms with van der Waals surface area (Å²) in [6, 6.07) is 7.07. The largest absolute Gasteiger partial charge is 0.335 e. The number of rotatable bonds is 7. The smallest absolute Gasteiger partial charge is 0.244 e. The van der Waals surface area contributed by atoms with Gasteiger partial charge in [-0.3, -0.25) is 14.5 Å². The van der Waals surface area contributed by atoms with Crippen LogP contribution in [0.2, 0.25) is 5.02 Å². The fourth-order valence-corrected chi connectivity index (χ4v) is 3.63. The number of likely N-dealkylation sites (N-methyl/N-ethyl adjacent to an activating group) is 1. The minimum Gasteiger partial charge on any atom is -0.335 e. The van der Waals surface area contributed by atoms with Crippen molar-refractivity contribution in [3.8, 4) is 0 Å². The molecule has 144 valence electrons. The third-order valence-electron chi connectivity index (χ3n) is 4.95. The van der Waals surface area contributed by atoms with E-state index in [1.165, 1.54) is 24.2 Å². The van der Waals surface area contributed by atoms with E-state index in [-0.39, 0.29) is 18.4 Å². The maximum Gasteiger partial charge on any atom is 0.244 e. The minimum atomic E-state index is -0.243. The maximum absolute atomic E-state index is 12.5. The molecule has 26 heavy (non-hydrogen) atoms. The average molecular weight is 380 g/mol. The van der Waals surface area contributed by atoms with E-state index in [0.717, 1.165) is 31.8 Å². The Morgan fingerprint density at radius 2 is 2.04 bits per heavy atom. The lowest BCUT2D eigenvalue weighted by molar-refractivity contribution is -0.134. The van der Waals surface area contributed by atoms with Gasteiger partial charge in [-0.25, -0.2) is 0 Å². The highest BCUT2D eigenvalue weighted by atomic mass is 35.5. The quantitative estimate of drug-likeness (QED) is 0.786. The van der Waals surface area contributed by atoms with Gasteiger partial charge in [0.25, 0.3) is 0 Å². The van der Waals surface area contributed by atoms with E-state index in [0.29, 0.717) is 17.3 Å². The minimum absolute atomic E-state index is 0.0201. The van der Waals surface area contributed by atoms with Crippen LogP contribution in [0.4, 0.5) is 5.69 Å². The van der Waals surface area contributed by atoms with Crippen molar-refractivity contribution in [2.24, 2.45) is 5.92 Å². The van der Waals surface area contributed by atoms with Gasteiger partial charge in [0.05, 0.1) is 23.8 Å². The summed E-state index contributed by atoms with van der Waals surface area (Å²) in [6.45, 7) is 4.57. The fraction of sp³-hybridized carbons (Fsp3) is 0.600. The lowest BCUT2D eigenvalue weighted by Gasteiger charge is -2.23. The van der Waals surface area contributed by atoms with Gasteiger partial charge in [0.15, 0.2) is 0 Å². The second kappa shape index (κ2) is 10.5. The molecule has 0 aromatic heterocycles. The normalized spacial score (nSPS) is 18.2.